The zero-order chi connectivity index (χ0) is 16.2. The number of aliphatic hydroxyl groups is 1. The summed E-state index contributed by atoms with van der Waals surface area (Å²) >= 11 is 0. The number of carbonyl (C=O) groups excluding carboxylic acids is 3. The molecule has 1 aliphatic heterocycles. The van der Waals surface area contributed by atoms with Gasteiger partial charge in [-0.2, -0.15) is 0 Å². The molecule has 7 heteroatoms. The quantitative estimate of drug-likeness (QED) is 0.542. The molecule has 1 aliphatic rings. The molecule has 0 radical (unpaired) electrons. The fraction of sp³-hybridized carbons (Fsp3) is 0.786. The predicted octanol–water partition coefficient (Wildman–Crippen LogP) is -0.851. The summed E-state index contributed by atoms with van der Waals surface area (Å²) in [5, 5.41) is 17.1. The average molecular weight is 299 g/mol. The maximum Gasteiger partial charge on any atom is 0.245 e. The van der Waals surface area contributed by atoms with Crippen LogP contribution in [0.15, 0.2) is 0 Å². The van der Waals surface area contributed by atoms with E-state index in [9.17, 15) is 19.5 Å². The molecule has 0 aromatic heterocycles. The molecule has 4 N–H and O–H groups in total. The summed E-state index contributed by atoms with van der Waals surface area (Å²) in [6.07, 6.45) is 0.704. The number of nitrogens with one attached hydrogen (secondary N) is 3. The van der Waals surface area contributed by atoms with Gasteiger partial charge in [-0.05, 0) is 11.8 Å². The molecule has 0 aromatic carbocycles. The zero-order valence-electron chi connectivity index (χ0n) is 13.0. The number of hydrogen-bond acceptors (Lipinski definition) is 4. The predicted molar refractivity (Wildman–Crippen MR) is 77.2 cm³/mol. The molecule has 3 amide bonds. The van der Waals surface area contributed by atoms with Gasteiger partial charge in [0.2, 0.25) is 17.7 Å². The van der Waals surface area contributed by atoms with E-state index < -0.39 is 36.5 Å². The summed E-state index contributed by atoms with van der Waals surface area (Å²) in [7, 11) is 0. The second kappa shape index (κ2) is 7.40. The van der Waals surface area contributed by atoms with Crippen LogP contribution in [0.3, 0.4) is 0 Å². The van der Waals surface area contributed by atoms with Gasteiger partial charge in [-0.25, -0.2) is 0 Å². The average Bonchev–Trinajstić information content (AvgIpc) is 2.49. The van der Waals surface area contributed by atoms with Crippen molar-refractivity contribution in [2.45, 2.75) is 52.2 Å². The van der Waals surface area contributed by atoms with Crippen LogP contribution in [-0.2, 0) is 14.4 Å². The maximum absolute atomic E-state index is 12.3. The molecule has 1 rings (SSSR count). The summed E-state index contributed by atoms with van der Waals surface area (Å²) in [5.41, 5.74) is 0. The van der Waals surface area contributed by atoms with Crippen molar-refractivity contribution in [2.75, 3.05) is 6.61 Å². The van der Waals surface area contributed by atoms with Gasteiger partial charge in [-0.1, -0.05) is 34.1 Å². The zero-order valence-corrected chi connectivity index (χ0v) is 13.0. The minimum absolute atomic E-state index is 0.0747. The Balaban J connectivity index is 3.11. The monoisotopic (exact) mass is 299 g/mol. The summed E-state index contributed by atoms with van der Waals surface area (Å²) in [4.78, 5) is 36.6. The van der Waals surface area contributed by atoms with Crippen LogP contribution in [0.4, 0.5) is 0 Å². The first-order valence-corrected chi connectivity index (χ1v) is 7.33. The van der Waals surface area contributed by atoms with Gasteiger partial charge >= 0.3 is 0 Å². The van der Waals surface area contributed by atoms with E-state index in [1.54, 1.807) is 0 Å². The number of hydrogen-bond donors (Lipinski definition) is 4. The SMILES string of the molecule is CCC(C)[C@@H]1NC(=O)[C@H](C(C)C)NC(=O)[C@H](CO)NC1=O. The van der Waals surface area contributed by atoms with Crippen molar-refractivity contribution >= 4 is 17.7 Å². The molecule has 4 atom stereocenters. The second-order valence-electron chi connectivity index (χ2n) is 5.85. The number of rotatable bonds is 4. The van der Waals surface area contributed by atoms with Crippen molar-refractivity contribution in [3.63, 3.8) is 0 Å². The van der Waals surface area contributed by atoms with Gasteiger partial charge in [0.15, 0.2) is 0 Å². The lowest BCUT2D eigenvalue weighted by molar-refractivity contribution is -0.131. The largest absolute Gasteiger partial charge is 0.394 e. The van der Waals surface area contributed by atoms with E-state index in [0.29, 0.717) is 6.42 Å². The third-order valence-electron chi connectivity index (χ3n) is 3.86. The minimum atomic E-state index is -1.04. The molecule has 0 aromatic rings. The molecule has 0 aliphatic carbocycles. The Morgan fingerprint density at radius 2 is 1.48 bits per heavy atom. The Kier molecular flexibility index (Phi) is 6.14. The van der Waals surface area contributed by atoms with Gasteiger partial charge in [0, 0.05) is 0 Å². The smallest absolute Gasteiger partial charge is 0.245 e. The van der Waals surface area contributed by atoms with Crippen molar-refractivity contribution < 1.29 is 19.5 Å². The van der Waals surface area contributed by atoms with E-state index in [1.807, 2.05) is 27.7 Å². The van der Waals surface area contributed by atoms with Gasteiger partial charge in [0.25, 0.3) is 0 Å². The van der Waals surface area contributed by atoms with Crippen LogP contribution in [0.25, 0.3) is 0 Å². The fourth-order valence-corrected chi connectivity index (χ4v) is 2.19. The van der Waals surface area contributed by atoms with E-state index in [0.717, 1.165) is 0 Å². The van der Waals surface area contributed by atoms with E-state index in [-0.39, 0.29) is 17.7 Å². The second-order valence-corrected chi connectivity index (χ2v) is 5.85. The van der Waals surface area contributed by atoms with Crippen molar-refractivity contribution in [1.29, 1.82) is 0 Å². The van der Waals surface area contributed by atoms with Crippen molar-refractivity contribution in [2.24, 2.45) is 11.8 Å². The standard InChI is InChI=1S/C14H25N3O4/c1-5-8(4)11-14(21)15-9(6-18)12(19)16-10(7(2)3)13(20)17-11/h7-11,18H,5-6H2,1-4H3,(H,15,21)(H,16,19)(H,17,20)/t8?,9-,10-,11-/m0/s1. The first-order valence-electron chi connectivity index (χ1n) is 7.33. The Morgan fingerprint density at radius 1 is 0.952 bits per heavy atom. The molecule has 1 fully saturated rings. The van der Waals surface area contributed by atoms with E-state index in [2.05, 4.69) is 16.0 Å². The first kappa shape index (κ1) is 17.4. The number of carbonyl (C=O) groups is 3. The molecular formula is C14H25N3O4. The molecule has 7 nitrogen and oxygen atoms in total. The highest BCUT2D eigenvalue weighted by Crippen LogP contribution is 2.12. The lowest BCUT2D eigenvalue weighted by atomic mass is 9.97. The third-order valence-corrected chi connectivity index (χ3v) is 3.86. The first-order chi connectivity index (χ1) is 9.81. The normalized spacial score (nSPS) is 28.9. The van der Waals surface area contributed by atoms with E-state index in [4.69, 9.17) is 0 Å². The van der Waals surface area contributed by atoms with Crippen LogP contribution in [0, 0.1) is 11.8 Å². The van der Waals surface area contributed by atoms with Gasteiger partial charge in [0.05, 0.1) is 6.61 Å². The maximum atomic E-state index is 12.3. The fourth-order valence-electron chi connectivity index (χ4n) is 2.19. The Bertz CT molecular complexity index is 411. The van der Waals surface area contributed by atoms with Crippen LogP contribution in [0.2, 0.25) is 0 Å². The van der Waals surface area contributed by atoms with Crippen molar-refractivity contribution in [1.82, 2.24) is 16.0 Å². The summed E-state index contributed by atoms with van der Waals surface area (Å²) in [5.74, 6) is -1.58. The third kappa shape index (κ3) is 4.17. The van der Waals surface area contributed by atoms with Crippen LogP contribution in [-0.4, -0.2) is 47.6 Å². The summed E-state index contributed by atoms with van der Waals surface area (Å²) < 4.78 is 0. The lowest BCUT2D eigenvalue weighted by Gasteiger charge is -2.25. The summed E-state index contributed by atoms with van der Waals surface area (Å²) in [6.45, 7) is 6.89. The van der Waals surface area contributed by atoms with Crippen LogP contribution in [0.1, 0.15) is 34.1 Å². The lowest BCUT2D eigenvalue weighted by Crippen LogP contribution is -2.54. The molecule has 1 heterocycles. The van der Waals surface area contributed by atoms with Crippen LogP contribution < -0.4 is 16.0 Å². The van der Waals surface area contributed by atoms with E-state index in [1.165, 1.54) is 0 Å². The van der Waals surface area contributed by atoms with Gasteiger partial charge < -0.3 is 21.1 Å². The molecule has 1 unspecified atom stereocenters. The van der Waals surface area contributed by atoms with Gasteiger partial charge in [-0.3, -0.25) is 14.4 Å². The Hall–Kier alpha value is -1.63. The molecule has 1 saturated heterocycles. The van der Waals surface area contributed by atoms with Gasteiger partial charge in [0.1, 0.15) is 18.1 Å². The molecule has 0 bridgehead atoms. The molecule has 120 valence electrons. The highest BCUT2D eigenvalue weighted by Gasteiger charge is 2.36. The minimum Gasteiger partial charge on any atom is -0.394 e. The van der Waals surface area contributed by atoms with Crippen LogP contribution in [0.5, 0.6) is 0 Å². The van der Waals surface area contributed by atoms with Crippen molar-refractivity contribution in [3.05, 3.63) is 0 Å². The number of aliphatic hydroxyl groups excluding tert-OH is 1. The van der Waals surface area contributed by atoms with E-state index >= 15 is 0 Å². The van der Waals surface area contributed by atoms with Crippen LogP contribution >= 0.6 is 0 Å². The van der Waals surface area contributed by atoms with Crippen molar-refractivity contribution in [3.8, 4) is 0 Å². The molecule has 21 heavy (non-hydrogen) atoms. The Morgan fingerprint density at radius 3 is 1.95 bits per heavy atom. The van der Waals surface area contributed by atoms with Gasteiger partial charge in [-0.15, -0.1) is 0 Å². The molecular weight excluding hydrogens is 274 g/mol. The molecule has 0 spiro atoms. The number of amides is 3. The Labute approximate surface area is 124 Å². The highest BCUT2D eigenvalue weighted by molar-refractivity contribution is 5.97. The topological polar surface area (TPSA) is 108 Å². The highest BCUT2D eigenvalue weighted by atomic mass is 16.3. The molecule has 0 saturated carbocycles. The summed E-state index contributed by atoms with van der Waals surface area (Å²) in [6, 6.07) is -2.49.